The normalized spacial score (nSPS) is 17.2. The number of hydrogen-bond acceptors (Lipinski definition) is 6. The predicted octanol–water partition coefficient (Wildman–Crippen LogP) is 1.83. The van der Waals surface area contributed by atoms with Crippen LogP contribution in [0, 0.1) is 5.92 Å². The molecule has 0 heterocycles. The third kappa shape index (κ3) is 3.51. The summed E-state index contributed by atoms with van der Waals surface area (Å²) in [6, 6.07) is 7.86. The highest BCUT2D eigenvalue weighted by atomic mass is 32.1. The number of aryl methyl sites for hydroxylation is 1. The number of benzene rings is 1. The van der Waals surface area contributed by atoms with E-state index in [1.54, 1.807) is 6.92 Å². The lowest BCUT2D eigenvalue weighted by atomic mass is 9.86. The summed E-state index contributed by atoms with van der Waals surface area (Å²) in [4.78, 5) is 24.0. The van der Waals surface area contributed by atoms with Crippen molar-refractivity contribution in [1.29, 1.82) is 0 Å². The summed E-state index contributed by atoms with van der Waals surface area (Å²) in [7, 11) is 0. The molecule has 0 saturated carbocycles. The summed E-state index contributed by atoms with van der Waals surface area (Å²) >= 11 is 4.03. The van der Waals surface area contributed by atoms with Crippen molar-refractivity contribution < 1.29 is 14.3 Å². The number of allylic oxidation sites excluding steroid dienone is 1. The summed E-state index contributed by atoms with van der Waals surface area (Å²) in [5.41, 5.74) is 5.49. The quantitative estimate of drug-likeness (QED) is 0.197. The number of esters is 2. The predicted molar refractivity (Wildman–Crippen MR) is 87.7 cm³/mol. The van der Waals surface area contributed by atoms with E-state index in [2.05, 4.69) is 18.1 Å². The van der Waals surface area contributed by atoms with Gasteiger partial charge in [0.2, 0.25) is 0 Å². The Hall–Kier alpha value is -1.79. The molecule has 1 aromatic rings. The molecule has 0 radical (unpaired) electrons. The number of hydrazine groups is 1. The van der Waals surface area contributed by atoms with E-state index in [-0.39, 0.29) is 5.70 Å². The number of fused-ring (bicyclic) bond motifs is 1. The maximum absolute atomic E-state index is 12.2. The van der Waals surface area contributed by atoms with Crippen molar-refractivity contribution in [1.82, 2.24) is 5.43 Å². The van der Waals surface area contributed by atoms with E-state index in [4.69, 9.17) is 10.6 Å². The van der Waals surface area contributed by atoms with E-state index in [1.165, 1.54) is 5.56 Å². The SMILES string of the molecule is C[C@H](CS)C(=O)OC(=O)C(NN)=C1CCCc2ccccc21. The van der Waals surface area contributed by atoms with Crippen LogP contribution in [0.1, 0.15) is 30.9 Å². The molecule has 0 amide bonds. The van der Waals surface area contributed by atoms with Gasteiger partial charge in [-0.1, -0.05) is 31.2 Å². The van der Waals surface area contributed by atoms with E-state index in [9.17, 15) is 9.59 Å². The molecule has 0 bridgehead atoms. The summed E-state index contributed by atoms with van der Waals surface area (Å²) in [5.74, 6) is 4.04. The van der Waals surface area contributed by atoms with Crippen molar-refractivity contribution in [2.24, 2.45) is 11.8 Å². The van der Waals surface area contributed by atoms with Gasteiger partial charge in [-0.3, -0.25) is 10.6 Å². The molecule has 1 atom stereocenters. The van der Waals surface area contributed by atoms with E-state index >= 15 is 0 Å². The van der Waals surface area contributed by atoms with Crippen LogP contribution in [0.15, 0.2) is 30.0 Å². The van der Waals surface area contributed by atoms with Gasteiger partial charge in [0.1, 0.15) is 5.70 Å². The molecular formula is C16H20N2O3S. The van der Waals surface area contributed by atoms with Crippen LogP contribution in [0.25, 0.3) is 5.57 Å². The first kappa shape index (κ1) is 16.6. The fraction of sp³-hybridized carbons (Fsp3) is 0.375. The standard InChI is InChI=1S/C16H20N2O3S/c1-10(9-22)15(19)21-16(20)14(18-17)13-8-4-6-11-5-2-3-7-12(11)13/h2-3,5,7,10,18,22H,4,6,8-9,17H2,1H3/t10-/m1/s1. The Kier molecular flexibility index (Phi) is 5.63. The van der Waals surface area contributed by atoms with Gasteiger partial charge >= 0.3 is 11.9 Å². The van der Waals surface area contributed by atoms with Crippen molar-refractivity contribution in [3.05, 3.63) is 41.1 Å². The molecule has 0 unspecified atom stereocenters. The Balaban J connectivity index is 2.31. The van der Waals surface area contributed by atoms with Gasteiger partial charge in [0.05, 0.1) is 5.92 Å². The Morgan fingerprint density at radius 2 is 2.09 bits per heavy atom. The van der Waals surface area contributed by atoms with Gasteiger partial charge in [0.15, 0.2) is 0 Å². The fourth-order valence-corrected chi connectivity index (χ4v) is 2.62. The van der Waals surface area contributed by atoms with Crippen LogP contribution >= 0.6 is 12.6 Å². The van der Waals surface area contributed by atoms with Crippen LogP contribution in [0.4, 0.5) is 0 Å². The number of carbonyl (C=O) groups excluding carboxylic acids is 2. The number of thiol groups is 1. The van der Waals surface area contributed by atoms with Crippen LogP contribution in [0.2, 0.25) is 0 Å². The maximum Gasteiger partial charge on any atom is 0.363 e. The minimum atomic E-state index is -0.743. The number of nitrogens with two attached hydrogens (primary N) is 1. The van der Waals surface area contributed by atoms with Gasteiger partial charge in [-0.15, -0.1) is 0 Å². The van der Waals surface area contributed by atoms with Gasteiger partial charge in [0.25, 0.3) is 0 Å². The zero-order chi connectivity index (χ0) is 16.1. The lowest BCUT2D eigenvalue weighted by Crippen LogP contribution is -2.32. The van der Waals surface area contributed by atoms with Crippen molar-refractivity contribution >= 4 is 30.1 Å². The minimum absolute atomic E-state index is 0.145. The van der Waals surface area contributed by atoms with E-state index in [0.717, 1.165) is 24.0 Å². The summed E-state index contributed by atoms with van der Waals surface area (Å²) < 4.78 is 4.90. The molecule has 1 aliphatic rings. The lowest BCUT2D eigenvalue weighted by molar-refractivity contribution is -0.159. The molecule has 3 N–H and O–H groups in total. The monoisotopic (exact) mass is 320 g/mol. The number of hydrogen-bond donors (Lipinski definition) is 3. The second kappa shape index (κ2) is 7.47. The third-order valence-electron chi connectivity index (χ3n) is 3.74. The highest BCUT2D eigenvalue weighted by molar-refractivity contribution is 7.80. The van der Waals surface area contributed by atoms with Gasteiger partial charge in [-0.25, -0.2) is 4.79 Å². The number of carbonyl (C=O) groups is 2. The number of rotatable bonds is 4. The van der Waals surface area contributed by atoms with Gasteiger partial charge in [0, 0.05) is 5.75 Å². The topological polar surface area (TPSA) is 81.4 Å². The summed E-state index contributed by atoms with van der Waals surface area (Å²) in [5, 5.41) is 0. The smallest absolute Gasteiger partial charge is 0.363 e. The van der Waals surface area contributed by atoms with Crippen molar-refractivity contribution in [2.45, 2.75) is 26.2 Å². The third-order valence-corrected chi connectivity index (χ3v) is 4.28. The highest BCUT2D eigenvalue weighted by Crippen LogP contribution is 2.32. The van der Waals surface area contributed by atoms with Crippen molar-refractivity contribution in [3.8, 4) is 0 Å². The van der Waals surface area contributed by atoms with E-state index in [1.807, 2.05) is 24.3 Å². The molecule has 5 nitrogen and oxygen atoms in total. The molecule has 22 heavy (non-hydrogen) atoms. The van der Waals surface area contributed by atoms with Crippen LogP contribution < -0.4 is 11.3 Å². The second-order valence-electron chi connectivity index (χ2n) is 5.30. The zero-order valence-corrected chi connectivity index (χ0v) is 13.4. The Morgan fingerprint density at radius 3 is 2.77 bits per heavy atom. The molecule has 0 saturated heterocycles. The molecule has 0 fully saturated rings. The molecule has 0 aliphatic heterocycles. The average molecular weight is 320 g/mol. The Morgan fingerprint density at radius 1 is 1.36 bits per heavy atom. The molecule has 1 aliphatic carbocycles. The molecule has 6 heteroatoms. The summed E-state index contributed by atoms with van der Waals surface area (Å²) in [6.07, 6.45) is 2.59. The van der Waals surface area contributed by atoms with Crippen LogP contribution in [-0.2, 0) is 20.7 Å². The first-order chi connectivity index (χ1) is 10.6. The highest BCUT2D eigenvalue weighted by Gasteiger charge is 2.25. The number of ether oxygens (including phenoxy) is 1. The molecular weight excluding hydrogens is 300 g/mol. The van der Waals surface area contributed by atoms with Crippen LogP contribution in [-0.4, -0.2) is 17.7 Å². The van der Waals surface area contributed by atoms with Gasteiger partial charge < -0.3 is 10.2 Å². The van der Waals surface area contributed by atoms with E-state index < -0.39 is 17.9 Å². The minimum Gasteiger partial charge on any atom is -0.388 e. The van der Waals surface area contributed by atoms with Crippen LogP contribution in [0.5, 0.6) is 0 Å². The zero-order valence-electron chi connectivity index (χ0n) is 12.5. The first-order valence-electron chi connectivity index (χ1n) is 7.23. The van der Waals surface area contributed by atoms with Crippen molar-refractivity contribution in [3.63, 3.8) is 0 Å². The first-order valence-corrected chi connectivity index (χ1v) is 7.86. The van der Waals surface area contributed by atoms with Crippen molar-refractivity contribution in [2.75, 3.05) is 5.75 Å². The molecule has 0 spiro atoms. The maximum atomic E-state index is 12.2. The largest absolute Gasteiger partial charge is 0.388 e. The van der Waals surface area contributed by atoms with Gasteiger partial charge in [-0.05, 0) is 36.0 Å². The second-order valence-corrected chi connectivity index (χ2v) is 5.67. The molecule has 2 rings (SSSR count). The fourth-order valence-electron chi connectivity index (χ4n) is 2.47. The molecule has 1 aromatic carbocycles. The lowest BCUT2D eigenvalue weighted by Gasteiger charge is -2.21. The average Bonchev–Trinajstić information content (AvgIpc) is 2.54. The van der Waals surface area contributed by atoms with E-state index in [0.29, 0.717) is 12.2 Å². The molecule has 0 aromatic heterocycles. The van der Waals surface area contributed by atoms with Crippen LogP contribution in [0.3, 0.4) is 0 Å². The Labute approximate surface area is 135 Å². The number of nitrogens with one attached hydrogen (secondary N) is 1. The summed E-state index contributed by atoms with van der Waals surface area (Å²) in [6.45, 7) is 1.65. The molecule has 118 valence electrons. The Bertz CT molecular complexity index is 613. The van der Waals surface area contributed by atoms with Gasteiger partial charge in [-0.2, -0.15) is 12.6 Å².